The number of likely N-dealkylation sites (tertiary alicyclic amines) is 1. The summed E-state index contributed by atoms with van der Waals surface area (Å²) in [6.45, 7) is 7.61. The Morgan fingerprint density at radius 3 is 2.40 bits per heavy atom. The van der Waals surface area contributed by atoms with Crippen LogP contribution in [0, 0.1) is 5.92 Å². The molecule has 1 atom stereocenters. The molecule has 0 aromatic heterocycles. The minimum atomic E-state index is 0. The number of carbonyl (C=O) groups is 1. The lowest BCUT2D eigenvalue weighted by molar-refractivity contribution is -0.136. The lowest BCUT2D eigenvalue weighted by Crippen LogP contribution is -2.47. The Morgan fingerprint density at radius 2 is 1.90 bits per heavy atom. The van der Waals surface area contributed by atoms with Crippen LogP contribution in [0.4, 0.5) is 0 Å². The highest BCUT2D eigenvalue weighted by atomic mass is 35.5. The fourth-order valence-electron chi connectivity index (χ4n) is 3.18. The molecule has 0 aliphatic carbocycles. The molecular formula is C14H29Cl2N3O. The first-order valence-corrected chi connectivity index (χ1v) is 7.42. The van der Waals surface area contributed by atoms with Crippen LogP contribution in [0.2, 0.25) is 0 Å². The second-order valence-corrected chi connectivity index (χ2v) is 5.71. The average molecular weight is 326 g/mol. The highest BCUT2D eigenvalue weighted by molar-refractivity contribution is 5.85. The SMILES string of the molecule is CCCN1CCC(N(C)C(=O)C2CCNC2)CC1.Cl.Cl. The quantitative estimate of drug-likeness (QED) is 0.855. The maximum absolute atomic E-state index is 12.3. The van der Waals surface area contributed by atoms with E-state index in [0.29, 0.717) is 11.9 Å². The van der Waals surface area contributed by atoms with Gasteiger partial charge in [0, 0.05) is 32.7 Å². The standard InChI is InChI=1S/C14H27N3O.2ClH/c1-3-8-17-9-5-13(6-10-17)16(2)14(18)12-4-7-15-11-12;;/h12-13,15H,3-11H2,1-2H3;2*1H. The molecule has 4 nitrogen and oxygen atoms in total. The molecule has 0 bridgehead atoms. The molecule has 2 fully saturated rings. The summed E-state index contributed by atoms with van der Waals surface area (Å²) in [7, 11) is 2.00. The zero-order chi connectivity index (χ0) is 13.0. The summed E-state index contributed by atoms with van der Waals surface area (Å²) in [4.78, 5) is 16.9. The number of amides is 1. The van der Waals surface area contributed by atoms with E-state index in [2.05, 4.69) is 17.1 Å². The molecule has 2 saturated heterocycles. The molecule has 120 valence electrons. The Labute approximate surface area is 135 Å². The van der Waals surface area contributed by atoms with Gasteiger partial charge in [-0.05, 0) is 38.8 Å². The van der Waals surface area contributed by atoms with Gasteiger partial charge in [0.05, 0.1) is 5.92 Å². The number of nitrogens with zero attached hydrogens (tertiary/aromatic N) is 2. The third-order valence-corrected chi connectivity index (χ3v) is 4.40. The largest absolute Gasteiger partial charge is 0.342 e. The second-order valence-electron chi connectivity index (χ2n) is 5.71. The normalized spacial score (nSPS) is 23.8. The zero-order valence-corrected chi connectivity index (χ0v) is 14.3. The van der Waals surface area contributed by atoms with Gasteiger partial charge in [0.15, 0.2) is 0 Å². The number of rotatable bonds is 4. The first-order valence-electron chi connectivity index (χ1n) is 7.42. The van der Waals surface area contributed by atoms with E-state index in [0.717, 1.165) is 45.4 Å². The molecular weight excluding hydrogens is 297 g/mol. The molecule has 0 aromatic carbocycles. The molecule has 1 amide bonds. The monoisotopic (exact) mass is 325 g/mol. The highest BCUT2D eigenvalue weighted by Gasteiger charge is 2.30. The van der Waals surface area contributed by atoms with E-state index < -0.39 is 0 Å². The number of carbonyl (C=O) groups excluding carboxylic acids is 1. The number of halogens is 2. The molecule has 2 heterocycles. The van der Waals surface area contributed by atoms with Crippen molar-refractivity contribution in [2.24, 2.45) is 5.92 Å². The van der Waals surface area contributed by atoms with Gasteiger partial charge in [0.25, 0.3) is 0 Å². The summed E-state index contributed by atoms with van der Waals surface area (Å²) in [5, 5.41) is 3.28. The third-order valence-electron chi connectivity index (χ3n) is 4.40. The van der Waals surface area contributed by atoms with E-state index >= 15 is 0 Å². The molecule has 1 N–H and O–H groups in total. The van der Waals surface area contributed by atoms with Crippen LogP contribution in [0.5, 0.6) is 0 Å². The maximum Gasteiger partial charge on any atom is 0.227 e. The van der Waals surface area contributed by atoms with E-state index in [1.165, 1.54) is 13.0 Å². The summed E-state index contributed by atoms with van der Waals surface area (Å²) in [5.74, 6) is 0.581. The molecule has 20 heavy (non-hydrogen) atoms. The zero-order valence-electron chi connectivity index (χ0n) is 12.6. The lowest BCUT2D eigenvalue weighted by Gasteiger charge is -2.37. The van der Waals surface area contributed by atoms with Crippen molar-refractivity contribution in [3.05, 3.63) is 0 Å². The second kappa shape index (κ2) is 9.82. The topological polar surface area (TPSA) is 35.6 Å². The lowest BCUT2D eigenvalue weighted by atomic mass is 10.0. The van der Waals surface area contributed by atoms with Crippen molar-refractivity contribution in [2.75, 3.05) is 39.8 Å². The van der Waals surface area contributed by atoms with Crippen LogP contribution in [-0.2, 0) is 4.79 Å². The Kier molecular flexibility index (Phi) is 9.81. The van der Waals surface area contributed by atoms with Crippen LogP contribution in [0.3, 0.4) is 0 Å². The van der Waals surface area contributed by atoms with Crippen molar-refractivity contribution in [3.63, 3.8) is 0 Å². The fourth-order valence-corrected chi connectivity index (χ4v) is 3.18. The molecule has 6 heteroatoms. The highest BCUT2D eigenvalue weighted by Crippen LogP contribution is 2.19. The number of nitrogens with one attached hydrogen (secondary N) is 1. The summed E-state index contributed by atoms with van der Waals surface area (Å²) in [6, 6.07) is 0.464. The van der Waals surface area contributed by atoms with E-state index in [4.69, 9.17) is 0 Å². The van der Waals surface area contributed by atoms with Crippen molar-refractivity contribution >= 4 is 30.7 Å². The predicted octanol–water partition coefficient (Wildman–Crippen LogP) is 1.77. The molecule has 0 aromatic rings. The van der Waals surface area contributed by atoms with Crippen LogP contribution in [-0.4, -0.2) is 61.5 Å². The van der Waals surface area contributed by atoms with Crippen molar-refractivity contribution in [1.82, 2.24) is 15.1 Å². The Hall–Kier alpha value is -0.0300. The average Bonchev–Trinajstić information content (AvgIpc) is 2.92. The van der Waals surface area contributed by atoms with Gasteiger partial charge in [-0.1, -0.05) is 6.92 Å². The van der Waals surface area contributed by atoms with E-state index in [9.17, 15) is 4.79 Å². The van der Waals surface area contributed by atoms with Crippen molar-refractivity contribution in [1.29, 1.82) is 0 Å². The van der Waals surface area contributed by atoms with Crippen LogP contribution < -0.4 is 5.32 Å². The van der Waals surface area contributed by atoms with E-state index in [1.54, 1.807) is 0 Å². The van der Waals surface area contributed by atoms with Gasteiger partial charge >= 0.3 is 0 Å². The van der Waals surface area contributed by atoms with Gasteiger partial charge < -0.3 is 15.1 Å². The maximum atomic E-state index is 12.3. The van der Waals surface area contributed by atoms with Gasteiger partial charge in [-0.3, -0.25) is 4.79 Å². The van der Waals surface area contributed by atoms with Crippen LogP contribution in [0.25, 0.3) is 0 Å². The fraction of sp³-hybridized carbons (Fsp3) is 0.929. The molecule has 2 aliphatic rings. The summed E-state index contributed by atoms with van der Waals surface area (Å²) < 4.78 is 0. The van der Waals surface area contributed by atoms with Gasteiger partial charge in [-0.15, -0.1) is 24.8 Å². The molecule has 0 spiro atoms. The van der Waals surface area contributed by atoms with Crippen LogP contribution in [0.1, 0.15) is 32.6 Å². The third kappa shape index (κ3) is 5.06. The molecule has 0 saturated carbocycles. The van der Waals surface area contributed by atoms with Crippen LogP contribution >= 0.6 is 24.8 Å². The number of hydrogen-bond donors (Lipinski definition) is 1. The molecule has 1 unspecified atom stereocenters. The minimum Gasteiger partial charge on any atom is -0.342 e. The summed E-state index contributed by atoms with van der Waals surface area (Å²) in [5.41, 5.74) is 0. The van der Waals surface area contributed by atoms with Crippen molar-refractivity contribution < 1.29 is 4.79 Å². The minimum absolute atomic E-state index is 0. The van der Waals surface area contributed by atoms with E-state index in [-0.39, 0.29) is 30.7 Å². The summed E-state index contributed by atoms with van der Waals surface area (Å²) >= 11 is 0. The number of hydrogen-bond acceptors (Lipinski definition) is 3. The van der Waals surface area contributed by atoms with E-state index in [1.807, 2.05) is 11.9 Å². The van der Waals surface area contributed by atoms with Gasteiger partial charge in [0.2, 0.25) is 5.91 Å². The Bertz CT molecular complexity index is 278. The van der Waals surface area contributed by atoms with Gasteiger partial charge in [-0.2, -0.15) is 0 Å². The van der Waals surface area contributed by atoms with Crippen molar-refractivity contribution in [3.8, 4) is 0 Å². The molecule has 0 radical (unpaired) electrons. The Balaban J connectivity index is 0.00000180. The van der Waals surface area contributed by atoms with Crippen molar-refractivity contribution in [2.45, 2.75) is 38.6 Å². The first-order chi connectivity index (χ1) is 8.72. The van der Waals surface area contributed by atoms with Crippen LogP contribution in [0.15, 0.2) is 0 Å². The first kappa shape index (κ1) is 20.0. The Morgan fingerprint density at radius 1 is 1.25 bits per heavy atom. The smallest absolute Gasteiger partial charge is 0.227 e. The molecule has 2 aliphatic heterocycles. The predicted molar refractivity (Wildman–Crippen MR) is 88.0 cm³/mol. The summed E-state index contributed by atoms with van der Waals surface area (Å²) in [6.07, 6.45) is 4.52. The number of piperidine rings is 1. The van der Waals surface area contributed by atoms with Gasteiger partial charge in [-0.25, -0.2) is 0 Å². The molecule has 2 rings (SSSR count). The van der Waals surface area contributed by atoms with Gasteiger partial charge in [0.1, 0.15) is 0 Å².